The van der Waals surface area contributed by atoms with Gasteiger partial charge in [-0.3, -0.25) is 4.79 Å². The van der Waals surface area contributed by atoms with Crippen LogP contribution < -0.4 is 20.5 Å². The Labute approximate surface area is 158 Å². The van der Waals surface area contributed by atoms with E-state index in [2.05, 4.69) is 5.32 Å². The topological polar surface area (TPSA) is 73.6 Å². The normalized spacial score (nSPS) is 11.2. The zero-order chi connectivity index (χ0) is 17.4. The summed E-state index contributed by atoms with van der Waals surface area (Å²) in [5, 5.41) is 3.43. The van der Waals surface area contributed by atoms with E-state index in [1.165, 1.54) is 0 Å². The molecule has 0 heterocycles. The third-order valence-electron chi connectivity index (χ3n) is 3.24. The van der Waals surface area contributed by atoms with E-state index in [1.54, 1.807) is 19.1 Å². The van der Waals surface area contributed by atoms with Crippen LogP contribution in [-0.2, 0) is 11.3 Å². The first-order valence-electron chi connectivity index (χ1n) is 7.68. The van der Waals surface area contributed by atoms with Crippen molar-refractivity contribution in [1.82, 2.24) is 5.32 Å². The lowest BCUT2D eigenvalue weighted by Crippen LogP contribution is -2.37. The van der Waals surface area contributed by atoms with Crippen LogP contribution in [-0.4, -0.2) is 25.2 Å². The van der Waals surface area contributed by atoms with Crippen LogP contribution in [0.5, 0.6) is 11.5 Å². The molecule has 1 amide bonds. The second-order valence-corrected chi connectivity index (χ2v) is 5.74. The lowest BCUT2D eigenvalue weighted by molar-refractivity contribution is -0.122. The van der Waals surface area contributed by atoms with Crippen molar-refractivity contribution in [1.29, 1.82) is 0 Å². The lowest BCUT2D eigenvalue weighted by atomic mass is 10.2. The smallest absolute Gasteiger partial charge is 0.236 e. The van der Waals surface area contributed by atoms with E-state index < -0.39 is 6.04 Å². The van der Waals surface area contributed by atoms with Crippen LogP contribution in [0.2, 0.25) is 5.02 Å². The van der Waals surface area contributed by atoms with Crippen LogP contribution in [0.3, 0.4) is 0 Å². The van der Waals surface area contributed by atoms with Crippen LogP contribution in [0.25, 0.3) is 0 Å². The molecule has 3 N–H and O–H groups in total. The van der Waals surface area contributed by atoms with Crippen molar-refractivity contribution in [2.24, 2.45) is 5.73 Å². The Balaban J connectivity index is 0.00000312. The predicted molar refractivity (Wildman–Crippen MR) is 102 cm³/mol. The lowest BCUT2D eigenvalue weighted by Gasteiger charge is -2.10. The summed E-state index contributed by atoms with van der Waals surface area (Å²) in [7, 11) is 0. The standard InChI is InChI=1S/C18H21ClN2O3.ClH/c1-13(20)18(22)21-12-14-2-6-16(7-3-14)23-10-11-24-17-8-4-15(19)5-9-17;/h2-9,13H,10-12,20H2,1H3,(H,21,22);1H/t13-;/m1./s1. The number of nitrogens with two attached hydrogens (primary N) is 1. The number of nitrogens with one attached hydrogen (secondary N) is 1. The molecule has 2 rings (SSSR count). The van der Waals surface area contributed by atoms with Crippen molar-refractivity contribution < 1.29 is 14.3 Å². The van der Waals surface area contributed by atoms with E-state index >= 15 is 0 Å². The van der Waals surface area contributed by atoms with Gasteiger partial charge in [0, 0.05) is 11.6 Å². The molecule has 5 nitrogen and oxygen atoms in total. The molecule has 0 unspecified atom stereocenters. The molecule has 136 valence electrons. The fraction of sp³-hybridized carbons (Fsp3) is 0.278. The first-order chi connectivity index (χ1) is 11.5. The number of rotatable bonds is 8. The minimum atomic E-state index is -0.506. The van der Waals surface area contributed by atoms with E-state index in [4.69, 9.17) is 26.8 Å². The van der Waals surface area contributed by atoms with E-state index in [0.29, 0.717) is 24.8 Å². The van der Waals surface area contributed by atoms with Crippen LogP contribution in [0.15, 0.2) is 48.5 Å². The third-order valence-corrected chi connectivity index (χ3v) is 3.49. The summed E-state index contributed by atoms with van der Waals surface area (Å²) in [6.45, 7) is 2.97. The molecule has 0 aromatic heterocycles. The number of benzene rings is 2. The van der Waals surface area contributed by atoms with Crippen molar-refractivity contribution in [2.45, 2.75) is 19.5 Å². The minimum Gasteiger partial charge on any atom is -0.490 e. The van der Waals surface area contributed by atoms with Gasteiger partial charge in [-0.15, -0.1) is 12.4 Å². The molecule has 0 saturated heterocycles. The average Bonchev–Trinajstić information content (AvgIpc) is 2.59. The van der Waals surface area contributed by atoms with Gasteiger partial charge in [-0.25, -0.2) is 0 Å². The minimum absolute atomic E-state index is 0. The van der Waals surface area contributed by atoms with E-state index in [9.17, 15) is 4.79 Å². The van der Waals surface area contributed by atoms with Gasteiger partial charge < -0.3 is 20.5 Å². The summed E-state index contributed by atoms with van der Waals surface area (Å²) in [6, 6.07) is 14.2. The van der Waals surface area contributed by atoms with Crippen molar-refractivity contribution in [3.8, 4) is 11.5 Å². The van der Waals surface area contributed by atoms with Gasteiger partial charge in [0.1, 0.15) is 24.7 Å². The highest BCUT2D eigenvalue weighted by Crippen LogP contribution is 2.16. The Morgan fingerprint density at radius 1 is 1.04 bits per heavy atom. The zero-order valence-corrected chi connectivity index (χ0v) is 15.5. The second-order valence-electron chi connectivity index (χ2n) is 5.30. The van der Waals surface area contributed by atoms with Crippen LogP contribution in [0, 0.1) is 0 Å². The highest BCUT2D eigenvalue weighted by atomic mass is 35.5. The van der Waals surface area contributed by atoms with E-state index in [1.807, 2.05) is 36.4 Å². The van der Waals surface area contributed by atoms with Gasteiger partial charge in [0.25, 0.3) is 0 Å². The van der Waals surface area contributed by atoms with Crippen LogP contribution >= 0.6 is 24.0 Å². The molecule has 2 aromatic rings. The highest BCUT2D eigenvalue weighted by Gasteiger charge is 2.06. The van der Waals surface area contributed by atoms with Gasteiger partial charge in [0.2, 0.25) is 5.91 Å². The molecule has 0 bridgehead atoms. The Bertz CT molecular complexity index is 646. The molecule has 0 aliphatic rings. The van der Waals surface area contributed by atoms with Gasteiger partial charge in [0.15, 0.2) is 0 Å². The van der Waals surface area contributed by atoms with E-state index in [-0.39, 0.29) is 18.3 Å². The summed E-state index contributed by atoms with van der Waals surface area (Å²) in [6.07, 6.45) is 0. The van der Waals surface area contributed by atoms with Gasteiger partial charge in [-0.1, -0.05) is 23.7 Å². The van der Waals surface area contributed by atoms with Crippen molar-refractivity contribution in [3.05, 3.63) is 59.1 Å². The zero-order valence-electron chi connectivity index (χ0n) is 13.9. The molecule has 0 spiro atoms. The Hall–Kier alpha value is -1.95. The molecular weight excluding hydrogens is 363 g/mol. The van der Waals surface area contributed by atoms with Crippen LogP contribution in [0.1, 0.15) is 12.5 Å². The van der Waals surface area contributed by atoms with Crippen molar-refractivity contribution in [2.75, 3.05) is 13.2 Å². The molecular formula is C18H22Cl2N2O3. The summed E-state index contributed by atoms with van der Waals surface area (Å²) in [4.78, 5) is 11.4. The molecule has 0 aliphatic carbocycles. The Morgan fingerprint density at radius 3 is 2.00 bits per heavy atom. The van der Waals surface area contributed by atoms with Crippen molar-refractivity contribution >= 4 is 29.9 Å². The summed E-state index contributed by atoms with van der Waals surface area (Å²) < 4.78 is 11.2. The average molecular weight is 385 g/mol. The maximum atomic E-state index is 11.4. The van der Waals surface area contributed by atoms with Gasteiger partial charge >= 0.3 is 0 Å². The van der Waals surface area contributed by atoms with E-state index in [0.717, 1.165) is 17.1 Å². The predicted octanol–water partition coefficient (Wildman–Crippen LogP) is 3.18. The Morgan fingerprint density at radius 2 is 1.52 bits per heavy atom. The SMILES string of the molecule is C[C@@H](N)C(=O)NCc1ccc(OCCOc2ccc(Cl)cc2)cc1.Cl. The van der Waals surface area contributed by atoms with Gasteiger partial charge in [0.05, 0.1) is 6.04 Å². The number of hydrogen-bond acceptors (Lipinski definition) is 4. The summed E-state index contributed by atoms with van der Waals surface area (Å²) in [5.74, 6) is 1.33. The third kappa shape index (κ3) is 7.65. The maximum Gasteiger partial charge on any atom is 0.236 e. The maximum absolute atomic E-state index is 11.4. The van der Waals surface area contributed by atoms with Gasteiger partial charge in [-0.2, -0.15) is 0 Å². The molecule has 1 atom stereocenters. The number of hydrogen-bond donors (Lipinski definition) is 2. The monoisotopic (exact) mass is 384 g/mol. The molecule has 0 fully saturated rings. The number of ether oxygens (including phenoxy) is 2. The molecule has 0 saturated carbocycles. The number of carbonyl (C=O) groups excluding carboxylic acids is 1. The first-order valence-corrected chi connectivity index (χ1v) is 8.06. The fourth-order valence-electron chi connectivity index (χ4n) is 1.90. The van der Waals surface area contributed by atoms with Gasteiger partial charge in [-0.05, 0) is 48.9 Å². The fourth-order valence-corrected chi connectivity index (χ4v) is 2.03. The summed E-state index contributed by atoms with van der Waals surface area (Å²) >= 11 is 5.81. The first kappa shape index (κ1) is 21.1. The number of carbonyl (C=O) groups is 1. The number of amides is 1. The van der Waals surface area contributed by atoms with Crippen LogP contribution in [0.4, 0.5) is 0 Å². The second kappa shape index (κ2) is 10.8. The Kier molecular flexibility index (Phi) is 9.13. The summed E-state index contributed by atoms with van der Waals surface area (Å²) in [5.41, 5.74) is 6.47. The molecule has 7 heteroatoms. The molecule has 2 aromatic carbocycles. The molecule has 25 heavy (non-hydrogen) atoms. The molecule has 0 aliphatic heterocycles. The quantitative estimate of drug-likeness (QED) is 0.685. The molecule has 0 radical (unpaired) electrons. The highest BCUT2D eigenvalue weighted by molar-refractivity contribution is 6.30. The van der Waals surface area contributed by atoms with Crippen molar-refractivity contribution in [3.63, 3.8) is 0 Å². The largest absolute Gasteiger partial charge is 0.490 e. The number of halogens is 2.